The van der Waals surface area contributed by atoms with Crippen molar-refractivity contribution in [1.82, 2.24) is 20.0 Å². The molecule has 4 rings (SSSR count). The summed E-state index contributed by atoms with van der Waals surface area (Å²) in [6, 6.07) is 13.4. The summed E-state index contributed by atoms with van der Waals surface area (Å²) in [6.07, 6.45) is 3.47. The first-order valence-electron chi connectivity index (χ1n) is 9.80. The van der Waals surface area contributed by atoms with Crippen LogP contribution in [0.2, 0.25) is 0 Å². The standard InChI is InChI=1S/C22H20N6O4/c1-3-17-16(13-23-28(17)19-9-10-20(31-2)27-26-19)21(29)24-14-6-4-7-15(12-14)25-22(30)18-8-5-11-32-18/h4-13H,3H2,1-2H3,(H,24,29)(H,25,30). The summed E-state index contributed by atoms with van der Waals surface area (Å²) in [6.45, 7) is 1.92. The monoisotopic (exact) mass is 432 g/mol. The van der Waals surface area contributed by atoms with Gasteiger partial charge in [-0.05, 0) is 42.8 Å². The highest BCUT2D eigenvalue weighted by Crippen LogP contribution is 2.20. The van der Waals surface area contributed by atoms with Gasteiger partial charge in [-0.2, -0.15) is 5.10 Å². The molecule has 0 saturated carbocycles. The van der Waals surface area contributed by atoms with E-state index in [9.17, 15) is 9.59 Å². The van der Waals surface area contributed by atoms with E-state index in [-0.39, 0.29) is 17.6 Å². The number of benzene rings is 1. The Morgan fingerprint density at radius 3 is 2.44 bits per heavy atom. The molecule has 32 heavy (non-hydrogen) atoms. The van der Waals surface area contributed by atoms with Gasteiger partial charge < -0.3 is 19.8 Å². The van der Waals surface area contributed by atoms with Gasteiger partial charge in [-0.3, -0.25) is 9.59 Å². The van der Waals surface area contributed by atoms with E-state index in [4.69, 9.17) is 9.15 Å². The zero-order valence-corrected chi connectivity index (χ0v) is 17.4. The van der Waals surface area contributed by atoms with Gasteiger partial charge in [-0.15, -0.1) is 10.2 Å². The molecule has 0 fully saturated rings. The number of hydrogen-bond donors (Lipinski definition) is 2. The van der Waals surface area contributed by atoms with E-state index >= 15 is 0 Å². The second kappa shape index (κ2) is 9.13. The van der Waals surface area contributed by atoms with E-state index in [1.165, 1.54) is 19.6 Å². The number of hydrogen-bond acceptors (Lipinski definition) is 7. The van der Waals surface area contributed by atoms with E-state index < -0.39 is 0 Å². The number of methoxy groups -OCH3 is 1. The Balaban J connectivity index is 1.51. The molecule has 0 saturated heterocycles. The molecular weight excluding hydrogens is 412 g/mol. The van der Waals surface area contributed by atoms with Crippen LogP contribution >= 0.6 is 0 Å². The number of nitrogens with zero attached hydrogens (tertiary/aromatic N) is 4. The number of furan rings is 1. The van der Waals surface area contributed by atoms with E-state index in [0.29, 0.717) is 40.8 Å². The predicted octanol–water partition coefficient (Wildman–Crippen LogP) is 3.33. The highest BCUT2D eigenvalue weighted by atomic mass is 16.5. The summed E-state index contributed by atoms with van der Waals surface area (Å²) >= 11 is 0. The average molecular weight is 432 g/mol. The van der Waals surface area contributed by atoms with Crippen LogP contribution in [0.3, 0.4) is 0 Å². The van der Waals surface area contributed by atoms with E-state index in [0.717, 1.165) is 0 Å². The first-order chi connectivity index (χ1) is 15.6. The number of carbonyl (C=O) groups excluding carboxylic acids is 2. The first-order valence-corrected chi connectivity index (χ1v) is 9.80. The number of anilines is 2. The summed E-state index contributed by atoms with van der Waals surface area (Å²) in [4.78, 5) is 25.1. The lowest BCUT2D eigenvalue weighted by Gasteiger charge is -2.09. The van der Waals surface area contributed by atoms with Gasteiger partial charge in [0, 0.05) is 17.4 Å². The van der Waals surface area contributed by atoms with Crippen molar-refractivity contribution >= 4 is 23.2 Å². The van der Waals surface area contributed by atoms with Crippen molar-refractivity contribution in [3.05, 3.63) is 78.0 Å². The van der Waals surface area contributed by atoms with Crippen molar-refractivity contribution in [3.63, 3.8) is 0 Å². The van der Waals surface area contributed by atoms with Gasteiger partial charge in [0.05, 0.1) is 30.8 Å². The van der Waals surface area contributed by atoms with Crippen molar-refractivity contribution in [2.45, 2.75) is 13.3 Å². The molecule has 0 aliphatic carbocycles. The van der Waals surface area contributed by atoms with E-state index in [1.807, 2.05) is 6.92 Å². The Morgan fingerprint density at radius 1 is 1.03 bits per heavy atom. The van der Waals surface area contributed by atoms with Gasteiger partial charge in [-0.25, -0.2) is 4.68 Å². The van der Waals surface area contributed by atoms with Crippen LogP contribution in [0.1, 0.15) is 33.5 Å². The van der Waals surface area contributed by atoms with Crippen LogP contribution in [-0.2, 0) is 6.42 Å². The topological polar surface area (TPSA) is 124 Å². The first kappa shape index (κ1) is 20.8. The minimum absolute atomic E-state index is 0.195. The maximum absolute atomic E-state index is 12.9. The van der Waals surface area contributed by atoms with E-state index in [2.05, 4.69) is 25.9 Å². The number of rotatable bonds is 7. The second-order valence-electron chi connectivity index (χ2n) is 6.67. The van der Waals surface area contributed by atoms with Gasteiger partial charge in [0.15, 0.2) is 11.6 Å². The summed E-state index contributed by atoms with van der Waals surface area (Å²) in [5, 5.41) is 17.9. The lowest BCUT2D eigenvalue weighted by molar-refractivity contribution is 0.0995. The molecule has 10 heteroatoms. The number of carbonyl (C=O) groups is 2. The molecule has 162 valence electrons. The van der Waals surface area contributed by atoms with Crippen molar-refractivity contribution < 1.29 is 18.7 Å². The number of ether oxygens (including phenoxy) is 1. The molecule has 10 nitrogen and oxygen atoms in total. The van der Waals surface area contributed by atoms with Gasteiger partial charge in [0.1, 0.15) is 0 Å². The fraction of sp³-hybridized carbons (Fsp3) is 0.136. The molecule has 0 radical (unpaired) electrons. The Kier molecular flexibility index (Phi) is 5.93. The smallest absolute Gasteiger partial charge is 0.291 e. The van der Waals surface area contributed by atoms with Crippen molar-refractivity contribution in [1.29, 1.82) is 0 Å². The minimum atomic E-state index is -0.381. The molecular formula is C22H20N6O4. The molecule has 0 unspecified atom stereocenters. The van der Waals surface area contributed by atoms with Crippen LogP contribution < -0.4 is 15.4 Å². The maximum Gasteiger partial charge on any atom is 0.291 e. The number of amides is 2. The summed E-state index contributed by atoms with van der Waals surface area (Å²) in [5.41, 5.74) is 2.13. The van der Waals surface area contributed by atoms with Gasteiger partial charge in [0.25, 0.3) is 11.8 Å². The molecule has 2 N–H and O–H groups in total. The summed E-state index contributed by atoms with van der Waals surface area (Å²) < 4.78 is 11.7. The minimum Gasteiger partial charge on any atom is -0.480 e. The number of nitrogens with one attached hydrogen (secondary N) is 2. The van der Waals surface area contributed by atoms with Crippen LogP contribution in [0, 0.1) is 0 Å². The van der Waals surface area contributed by atoms with Gasteiger partial charge in [-0.1, -0.05) is 13.0 Å². The van der Waals surface area contributed by atoms with Crippen LogP contribution in [0.15, 0.2) is 65.4 Å². The molecule has 0 aliphatic rings. The third-order valence-corrected chi connectivity index (χ3v) is 4.62. The highest BCUT2D eigenvalue weighted by Gasteiger charge is 2.18. The zero-order chi connectivity index (χ0) is 22.5. The quantitative estimate of drug-likeness (QED) is 0.459. The molecule has 4 aromatic rings. The molecule has 1 aromatic carbocycles. The third-order valence-electron chi connectivity index (χ3n) is 4.62. The fourth-order valence-electron chi connectivity index (χ4n) is 3.11. The SMILES string of the molecule is CCc1c(C(=O)Nc2cccc(NC(=O)c3ccco3)c2)cnn1-c1ccc(OC)nn1. The largest absolute Gasteiger partial charge is 0.480 e. The second-order valence-corrected chi connectivity index (χ2v) is 6.67. The molecule has 0 bridgehead atoms. The van der Waals surface area contributed by atoms with Crippen molar-refractivity contribution in [2.24, 2.45) is 0 Å². The molecule has 0 spiro atoms. The van der Waals surface area contributed by atoms with Gasteiger partial charge in [0.2, 0.25) is 5.88 Å². The summed E-state index contributed by atoms with van der Waals surface area (Å²) in [5.74, 6) is 0.346. The van der Waals surface area contributed by atoms with Gasteiger partial charge >= 0.3 is 0 Å². The van der Waals surface area contributed by atoms with E-state index in [1.54, 1.807) is 53.2 Å². The lowest BCUT2D eigenvalue weighted by atomic mass is 10.2. The lowest BCUT2D eigenvalue weighted by Crippen LogP contribution is -2.15. The maximum atomic E-state index is 12.9. The van der Waals surface area contributed by atoms with Crippen LogP contribution in [0.25, 0.3) is 5.82 Å². The van der Waals surface area contributed by atoms with Crippen molar-refractivity contribution in [2.75, 3.05) is 17.7 Å². The van der Waals surface area contributed by atoms with Crippen LogP contribution in [0.5, 0.6) is 5.88 Å². The Hall–Kier alpha value is -4.47. The Morgan fingerprint density at radius 2 is 1.81 bits per heavy atom. The molecule has 3 heterocycles. The molecule has 3 aromatic heterocycles. The molecule has 2 amide bonds. The molecule has 0 aliphatic heterocycles. The summed E-state index contributed by atoms with van der Waals surface area (Å²) in [7, 11) is 1.51. The van der Waals surface area contributed by atoms with Crippen LogP contribution in [-0.4, -0.2) is 38.9 Å². The van der Waals surface area contributed by atoms with Crippen LogP contribution in [0.4, 0.5) is 11.4 Å². The Labute approximate surface area is 183 Å². The predicted molar refractivity (Wildman–Crippen MR) is 116 cm³/mol. The highest BCUT2D eigenvalue weighted by molar-refractivity contribution is 6.06. The fourth-order valence-corrected chi connectivity index (χ4v) is 3.11. The van der Waals surface area contributed by atoms with Crippen molar-refractivity contribution in [3.8, 4) is 11.7 Å². The average Bonchev–Trinajstić information content (AvgIpc) is 3.49. The normalized spacial score (nSPS) is 10.6. The zero-order valence-electron chi connectivity index (χ0n) is 17.4. The Bertz CT molecular complexity index is 1230. The number of aromatic nitrogens is 4. The third kappa shape index (κ3) is 4.33. The molecule has 0 atom stereocenters.